The summed E-state index contributed by atoms with van der Waals surface area (Å²) in [6.07, 6.45) is 0. The van der Waals surface area contributed by atoms with E-state index in [4.69, 9.17) is 18.0 Å². The molecule has 0 heterocycles. The van der Waals surface area contributed by atoms with E-state index in [1.165, 1.54) is 0 Å². The summed E-state index contributed by atoms with van der Waals surface area (Å²) in [5.41, 5.74) is 7.70. The first kappa shape index (κ1) is 13.9. The van der Waals surface area contributed by atoms with Gasteiger partial charge in [0.2, 0.25) is 0 Å². The highest BCUT2D eigenvalue weighted by molar-refractivity contribution is 7.80. The Hall–Kier alpha value is -1.13. The van der Waals surface area contributed by atoms with Crippen molar-refractivity contribution in [2.45, 2.75) is 26.8 Å². The molecule has 0 bridgehead atoms. The quantitative estimate of drug-likeness (QED) is 0.790. The number of nitrogens with zero attached hydrogens (tertiary/aromatic N) is 1. The minimum atomic E-state index is -0.195. The summed E-state index contributed by atoms with van der Waals surface area (Å²) in [7, 11) is 0. The van der Waals surface area contributed by atoms with Gasteiger partial charge in [-0.05, 0) is 26.1 Å². The van der Waals surface area contributed by atoms with Crippen molar-refractivity contribution in [1.29, 1.82) is 0 Å². The summed E-state index contributed by atoms with van der Waals surface area (Å²) >= 11 is 5.14. The Balaban J connectivity index is 3.22. The van der Waals surface area contributed by atoms with Crippen LogP contribution in [-0.2, 0) is 0 Å². The van der Waals surface area contributed by atoms with Gasteiger partial charge in [-0.25, -0.2) is 0 Å². The summed E-state index contributed by atoms with van der Waals surface area (Å²) < 4.78 is 0. The molecule has 0 fully saturated rings. The lowest BCUT2D eigenvalue weighted by Gasteiger charge is -2.29. The SMILES string of the molecule is CCN(CC)C(C(N)=S)c1cc(C)ccc1O. The molecular formula is C13H20N2OS. The number of aromatic hydroxyl groups is 1. The minimum Gasteiger partial charge on any atom is -0.508 e. The predicted octanol–water partition coefficient (Wildman–Crippen LogP) is 2.37. The van der Waals surface area contributed by atoms with Crippen LogP contribution in [0.3, 0.4) is 0 Å². The number of hydrogen-bond donors (Lipinski definition) is 2. The molecule has 0 saturated carbocycles. The first-order valence-corrected chi connectivity index (χ1v) is 6.24. The third-order valence-electron chi connectivity index (χ3n) is 2.92. The van der Waals surface area contributed by atoms with E-state index in [1.807, 2.05) is 19.1 Å². The van der Waals surface area contributed by atoms with E-state index >= 15 is 0 Å². The van der Waals surface area contributed by atoms with E-state index < -0.39 is 0 Å². The van der Waals surface area contributed by atoms with Crippen molar-refractivity contribution < 1.29 is 5.11 Å². The summed E-state index contributed by atoms with van der Waals surface area (Å²) in [6.45, 7) is 7.78. The first-order chi connectivity index (χ1) is 8.01. The third kappa shape index (κ3) is 3.17. The van der Waals surface area contributed by atoms with Crippen molar-refractivity contribution in [1.82, 2.24) is 4.90 Å². The number of rotatable bonds is 5. The summed E-state index contributed by atoms with van der Waals surface area (Å²) in [6, 6.07) is 5.31. The molecule has 0 spiro atoms. The average Bonchev–Trinajstić information content (AvgIpc) is 2.29. The van der Waals surface area contributed by atoms with Gasteiger partial charge in [-0.1, -0.05) is 43.8 Å². The molecule has 0 aliphatic carbocycles. The maximum Gasteiger partial charge on any atom is 0.120 e. The van der Waals surface area contributed by atoms with Crippen molar-refractivity contribution >= 4 is 17.2 Å². The molecule has 0 amide bonds. The molecule has 1 unspecified atom stereocenters. The average molecular weight is 252 g/mol. The highest BCUT2D eigenvalue weighted by Crippen LogP contribution is 2.29. The molecule has 0 aliphatic heterocycles. The van der Waals surface area contributed by atoms with Crippen molar-refractivity contribution in [2.75, 3.05) is 13.1 Å². The largest absolute Gasteiger partial charge is 0.508 e. The van der Waals surface area contributed by atoms with E-state index in [-0.39, 0.29) is 11.8 Å². The molecule has 1 atom stereocenters. The van der Waals surface area contributed by atoms with Crippen LogP contribution >= 0.6 is 12.2 Å². The Morgan fingerprint density at radius 1 is 1.41 bits per heavy atom. The molecular weight excluding hydrogens is 232 g/mol. The Labute approximate surface area is 108 Å². The molecule has 0 aromatic heterocycles. The normalized spacial score (nSPS) is 12.7. The van der Waals surface area contributed by atoms with Crippen molar-refractivity contribution in [2.24, 2.45) is 5.73 Å². The molecule has 1 aromatic rings. The molecule has 94 valence electrons. The van der Waals surface area contributed by atoms with Gasteiger partial charge >= 0.3 is 0 Å². The number of hydrogen-bond acceptors (Lipinski definition) is 3. The van der Waals surface area contributed by atoms with Gasteiger partial charge in [0.05, 0.1) is 11.0 Å². The monoisotopic (exact) mass is 252 g/mol. The fourth-order valence-electron chi connectivity index (χ4n) is 2.01. The molecule has 0 radical (unpaired) electrons. The van der Waals surface area contributed by atoms with Crippen LogP contribution in [0, 0.1) is 6.92 Å². The number of nitrogens with two attached hydrogens (primary N) is 1. The molecule has 0 aliphatic rings. The lowest BCUT2D eigenvalue weighted by Crippen LogP contribution is -2.36. The van der Waals surface area contributed by atoms with Crippen LogP contribution < -0.4 is 5.73 Å². The Morgan fingerprint density at radius 3 is 2.47 bits per heavy atom. The highest BCUT2D eigenvalue weighted by atomic mass is 32.1. The zero-order valence-corrected chi connectivity index (χ0v) is 11.4. The van der Waals surface area contributed by atoms with Gasteiger partial charge in [-0.3, -0.25) is 4.90 Å². The van der Waals surface area contributed by atoms with E-state index in [2.05, 4.69) is 18.7 Å². The fraction of sp³-hybridized carbons (Fsp3) is 0.462. The molecule has 1 rings (SSSR count). The van der Waals surface area contributed by atoms with Crippen LogP contribution in [0.1, 0.15) is 31.0 Å². The number of phenols is 1. The fourth-order valence-corrected chi connectivity index (χ4v) is 2.29. The van der Waals surface area contributed by atoms with Gasteiger partial charge in [0.15, 0.2) is 0 Å². The first-order valence-electron chi connectivity index (χ1n) is 5.84. The van der Waals surface area contributed by atoms with Crippen molar-refractivity contribution in [3.8, 4) is 5.75 Å². The molecule has 4 heteroatoms. The van der Waals surface area contributed by atoms with Gasteiger partial charge < -0.3 is 10.8 Å². The molecule has 3 nitrogen and oxygen atoms in total. The van der Waals surface area contributed by atoms with Gasteiger partial charge in [-0.15, -0.1) is 0 Å². The molecule has 3 N–H and O–H groups in total. The molecule has 17 heavy (non-hydrogen) atoms. The standard InChI is InChI=1S/C13H20N2OS/c1-4-15(5-2)12(13(14)17)10-8-9(3)6-7-11(10)16/h6-8,12,16H,4-5H2,1-3H3,(H2,14,17). The maximum atomic E-state index is 9.95. The number of likely N-dealkylation sites (N-methyl/N-ethyl adjacent to an activating group) is 1. The van der Waals surface area contributed by atoms with Gasteiger partial charge in [0.1, 0.15) is 5.75 Å². The second-order valence-electron chi connectivity index (χ2n) is 4.09. The van der Waals surface area contributed by atoms with E-state index in [0.29, 0.717) is 4.99 Å². The number of thiocarbonyl (C=S) groups is 1. The predicted molar refractivity (Wildman–Crippen MR) is 75.3 cm³/mol. The van der Waals surface area contributed by atoms with E-state index in [9.17, 15) is 5.11 Å². The Kier molecular flexibility index (Phi) is 4.90. The van der Waals surface area contributed by atoms with Gasteiger partial charge in [0, 0.05) is 5.56 Å². The second kappa shape index (κ2) is 5.98. The summed E-state index contributed by atoms with van der Waals surface area (Å²) in [5, 5.41) is 9.95. The van der Waals surface area contributed by atoms with Crippen LogP contribution in [0.2, 0.25) is 0 Å². The minimum absolute atomic E-state index is 0.195. The van der Waals surface area contributed by atoms with E-state index in [0.717, 1.165) is 24.2 Å². The van der Waals surface area contributed by atoms with Gasteiger partial charge in [-0.2, -0.15) is 0 Å². The lowest BCUT2D eigenvalue weighted by molar-refractivity contribution is 0.267. The smallest absolute Gasteiger partial charge is 0.120 e. The van der Waals surface area contributed by atoms with Crippen LogP contribution in [-0.4, -0.2) is 28.1 Å². The Bertz CT molecular complexity index is 402. The number of phenolic OH excluding ortho intramolecular Hbond substituents is 1. The lowest BCUT2D eigenvalue weighted by atomic mass is 10.0. The Morgan fingerprint density at radius 2 is 2.00 bits per heavy atom. The van der Waals surface area contributed by atoms with Crippen molar-refractivity contribution in [3.63, 3.8) is 0 Å². The topological polar surface area (TPSA) is 49.5 Å². The van der Waals surface area contributed by atoms with Crippen LogP contribution in [0.4, 0.5) is 0 Å². The van der Waals surface area contributed by atoms with Crippen LogP contribution in [0.15, 0.2) is 18.2 Å². The number of benzene rings is 1. The molecule has 0 saturated heterocycles. The maximum absolute atomic E-state index is 9.95. The van der Waals surface area contributed by atoms with Crippen LogP contribution in [0.5, 0.6) is 5.75 Å². The molecule has 1 aromatic carbocycles. The zero-order chi connectivity index (χ0) is 13.0. The summed E-state index contributed by atoms with van der Waals surface area (Å²) in [5.74, 6) is 0.250. The summed E-state index contributed by atoms with van der Waals surface area (Å²) in [4.78, 5) is 2.53. The van der Waals surface area contributed by atoms with E-state index in [1.54, 1.807) is 6.07 Å². The van der Waals surface area contributed by atoms with Crippen LogP contribution in [0.25, 0.3) is 0 Å². The third-order valence-corrected chi connectivity index (χ3v) is 3.15. The number of aryl methyl sites for hydroxylation is 1. The highest BCUT2D eigenvalue weighted by Gasteiger charge is 2.23. The van der Waals surface area contributed by atoms with Crippen molar-refractivity contribution in [3.05, 3.63) is 29.3 Å². The zero-order valence-electron chi connectivity index (χ0n) is 10.6. The van der Waals surface area contributed by atoms with Gasteiger partial charge in [0.25, 0.3) is 0 Å². The second-order valence-corrected chi connectivity index (χ2v) is 4.56.